The monoisotopic (exact) mass is 672 g/mol. The van der Waals surface area contributed by atoms with Crippen LogP contribution in [0, 0.1) is 45.3 Å². The van der Waals surface area contributed by atoms with Gasteiger partial charge in [-0.1, -0.05) is 34.6 Å². The topological polar surface area (TPSA) is 201 Å². The number of ether oxygens (including phenoxy) is 2. The zero-order valence-corrected chi connectivity index (χ0v) is 29.7. The van der Waals surface area contributed by atoms with Crippen molar-refractivity contribution >= 4 is 0 Å². The first-order valence-electron chi connectivity index (χ1n) is 17.9. The Bertz CT molecular complexity index is 1120. The molecule has 5 rings (SSSR count). The zero-order chi connectivity index (χ0) is 35.3. The van der Waals surface area contributed by atoms with E-state index >= 15 is 0 Å². The lowest BCUT2D eigenvalue weighted by atomic mass is 9.34. The summed E-state index contributed by atoms with van der Waals surface area (Å²) in [7, 11) is 0. The van der Waals surface area contributed by atoms with Crippen molar-refractivity contribution in [1.82, 2.24) is 0 Å². The zero-order valence-electron chi connectivity index (χ0n) is 29.7. The number of fused-ring (bicyclic) bond motifs is 5. The minimum atomic E-state index is -1.58. The number of hydrogen-bond donors (Lipinski definition) is 9. The van der Waals surface area contributed by atoms with E-state index in [0.717, 1.165) is 6.42 Å². The van der Waals surface area contributed by atoms with Crippen molar-refractivity contribution in [3.8, 4) is 0 Å². The molecule has 0 radical (unpaired) electrons. The van der Waals surface area contributed by atoms with Crippen LogP contribution in [0.4, 0.5) is 0 Å². The van der Waals surface area contributed by atoms with E-state index in [2.05, 4.69) is 20.8 Å². The summed E-state index contributed by atoms with van der Waals surface area (Å²) in [6.45, 7) is 15.2. The van der Waals surface area contributed by atoms with E-state index in [1.807, 2.05) is 13.8 Å². The van der Waals surface area contributed by atoms with Crippen molar-refractivity contribution in [3.05, 3.63) is 0 Å². The van der Waals surface area contributed by atoms with E-state index in [9.17, 15) is 46.0 Å². The van der Waals surface area contributed by atoms with Gasteiger partial charge in [-0.3, -0.25) is 0 Å². The first-order chi connectivity index (χ1) is 21.5. The van der Waals surface area contributed by atoms with Crippen LogP contribution in [0.15, 0.2) is 0 Å². The van der Waals surface area contributed by atoms with E-state index < -0.39 is 89.2 Å². The molecular weight excluding hydrogens is 608 g/mol. The Kier molecular flexibility index (Phi) is 9.94. The van der Waals surface area contributed by atoms with Gasteiger partial charge in [0.2, 0.25) is 0 Å². The molecular formula is C36H64O11. The highest BCUT2D eigenvalue weighted by Gasteiger charge is 2.73. The largest absolute Gasteiger partial charge is 0.394 e. The lowest BCUT2D eigenvalue weighted by molar-refractivity contribution is -0.346. The first-order valence-corrected chi connectivity index (χ1v) is 17.9. The van der Waals surface area contributed by atoms with Crippen molar-refractivity contribution < 1.29 is 55.4 Å². The molecule has 0 aromatic heterocycles. The van der Waals surface area contributed by atoms with Gasteiger partial charge in [0.25, 0.3) is 0 Å². The quantitative estimate of drug-likeness (QED) is 0.169. The van der Waals surface area contributed by atoms with Crippen molar-refractivity contribution in [2.24, 2.45) is 45.3 Å². The SMILES string of the molecule is CC(C)(O)C(O)CC[C@](C)(O)C1CC[C@]2(C)C1[C@H](O)C[C@@H]1[C@@]3(C)CC[C@H](O)C(C)(C)C3[C@@H](O[C@@H]3O[C@H](CO)[C@@H](O)[C@H](O)[C@H]3O)C[C@]12C. The highest BCUT2D eigenvalue weighted by atomic mass is 16.7. The molecule has 4 unspecified atom stereocenters. The maximum atomic E-state index is 12.1. The molecule has 4 aliphatic carbocycles. The van der Waals surface area contributed by atoms with Gasteiger partial charge in [0.1, 0.15) is 24.4 Å². The Morgan fingerprint density at radius 2 is 1.51 bits per heavy atom. The summed E-state index contributed by atoms with van der Waals surface area (Å²) in [6.07, 6.45) is -5.58. The van der Waals surface area contributed by atoms with E-state index in [0.29, 0.717) is 32.1 Å². The van der Waals surface area contributed by atoms with Crippen LogP contribution in [0.2, 0.25) is 0 Å². The van der Waals surface area contributed by atoms with Crippen LogP contribution in [0.3, 0.4) is 0 Å². The summed E-state index contributed by atoms with van der Waals surface area (Å²) in [5, 5.41) is 98.1. The Morgan fingerprint density at radius 3 is 2.11 bits per heavy atom. The highest BCUT2D eigenvalue weighted by Crippen LogP contribution is 2.76. The molecule has 0 aromatic carbocycles. The predicted molar refractivity (Wildman–Crippen MR) is 173 cm³/mol. The van der Waals surface area contributed by atoms with Crippen LogP contribution in [0.1, 0.15) is 107 Å². The summed E-state index contributed by atoms with van der Waals surface area (Å²) >= 11 is 0. The molecule has 274 valence electrons. The van der Waals surface area contributed by atoms with Crippen molar-refractivity contribution in [2.45, 2.75) is 173 Å². The van der Waals surface area contributed by atoms with Crippen LogP contribution < -0.4 is 0 Å². The van der Waals surface area contributed by atoms with Gasteiger partial charge in [-0.15, -0.1) is 0 Å². The molecule has 1 heterocycles. The standard InChI is InChI=1S/C36H64O11/c1-31(2)23(39)10-12-33(5)22-15-19(38)25-18(36(8,45)14-11-24(40)32(3,4)44)9-13-34(25,6)35(22,7)16-20(29(31)33)46-30-28(43)27(42)26(41)21(17-37)47-30/h18-30,37-45H,9-17H2,1-8H3/t18?,19-,20+,21-,22-,23+,24?,25?,26-,27+,28-,29?,30-,33-,34-,35-,36+/m1/s1. The van der Waals surface area contributed by atoms with Gasteiger partial charge in [0.05, 0.1) is 42.2 Å². The summed E-state index contributed by atoms with van der Waals surface area (Å²) in [6, 6.07) is 0. The Balaban J connectivity index is 1.52. The predicted octanol–water partition coefficient (Wildman–Crippen LogP) is 1.46. The van der Waals surface area contributed by atoms with Crippen molar-refractivity contribution in [3.63, 3.8) is 0 Å². The molecule has 47 heavy (non-hydrogen) atoms. The second-order valence-corrected chi connectivity index (χ2v) is 18.4. The lowest BCUT2D eigenvalue weighted by Gasteiger charge is -2.72. The van der Waals surface area contributed by atoms with Gasteiger partial charge in [0.15, 0.2) is 6.29 Å². The van der Waals surface area contributed by atoms with E-state index in [4.69, 9.17) is 9.47 Å². The molecule has 1 saturated heterocycles. The third-order valence-corrected chi connectivity index (χ3v) is 14.9. The molecule has 0 amide bonds. The second kappa shape index (κ2) is 12.4. The molecule has 5 aliphatic rings. The molecule has 0 spiro atoms. The maximum Gasteiger partial charge on any atom is 0.186 e. The number of aliphatic hydroxyl groups excluding tert-OH is 7. The molecule has 9 N–H and O–H groups in total. The van der Waals surface area contributed by atoms with E-state index in [-0.39, 0.29) is 41.9 Å². The Labute approximate surface area is 280 Å². The fraction of sp³-hybridized carbons (Fsp3) is 1.00. The smallest absolute Gasteiger partial charge is 0.186 e. The molecule has 1 aliphatic heterocycles. The van der Waals surface area contributed by atoms with Gasteiger partial charge >= 0.3 is 0 Å². The maximum absolute atomic E-state index is 12.1. The van der Waals surface area contributed by atoms with Gasteiger partial charge in [0, 0.05) is 0 Å². The fourth-order valence-corrected chi connectivity index (χ4v) is 12.0. The summed E-state index contributed by atoms with van der Waals surface area (Å²) in [5.74, 6) is -0.638. The van der Waals surface area contributed by atoms with Crippen LogP contribution in [-0.4, -0.2) is 119 Å². The van der Waals surface area contributed by atoms with Crippen LogP contribution in [0.5, 0.6) is 0 Å². The van der Waals surface area contributed by atoms with Gasteiger partial charge < -0.3 is 55.4 Å². The normalized spacial score (nSPS) is 51.8. The molecule has 5 fully saturated rings. The third kappa shape index (κ3) is 5.85. The van der Waals surface area contributed by atoms with E-state index in [1.54, 1.807) is 20.8 Å². The van der Waals surface area contributed by atoms with E-state index in [1.165, 1.54) is 0 Å². The van der Waals surface area contributed by atoms with Gasteiger partial charge in [-0.05, 0) is 117 Å². The van der Waals surface area contributed by atoms with Crippen LogP contribution in [-0.2, 0) is 9.47 Å². The minimum absolute atomic E-state index is 0.0541. The molecule has 0 bridgehead atoms. The summed E-state index contributed by atoms with van der Waals surface area (Å²) < 4.78 is 12.6. The number of rotatable bonds is 8. The summed E-state index contributed by atoms with van der Waals surface area (Å²) in [5.41, 5.74) is -4.31. The van der Waals surface area contributed by atoms with Crippen molar-refractivity contribution in [2.75, 3.05) is 6.61 Å². The highest BCUT2D eigenvalue weighted by molar-refractivity contribution is 5.22. The number of aliphatic hydroxyl groups is 9. The molecule has 11 heteroatoms. The molecule has 4 saturated carbocycles. The minimum Gasteiger partial charge on any atom is -0.394 e. The second-order valence-electron chi connectivity index (χ2n) is 18.4. The van der Waals surface area contributed by atoms with Gasteiger partial charge in [-0.25, -0.2) is 0 Å². The van der Waals surface area contributed by atoms with Gasteiger partial charge in [-0.2, -0.15) is 0 Å². The van der Waals surface area contributed by atoms with Crippen molar-refractivity contribution in [1.29, 1.82) is 0 Å². The number of hydrogen-bond acceptors (Lipinski definition) is 11. The molecule has 17 atom stereocenters. The average Bonchev–Trinajstić information content (AvgIpc) is 3.36. The Hall–Kier alpha value is -0.440. The van der Waals surface area contributed by atoms with Crippen LogP contribution >= 0.6 is 0 Å². The fourth-order valence-electron chi connectivity index (χ4n) is 12.0. The first kappa shape index (κ1) is 37.8. The van der Waals surface area contributed by atoms with Crippen LogP contribution in [0.25, 0.3) is 0 Å². The summed E-state index contributed by atoms with van der Waals surface area (Å²) in [4.78, 5) is 0. The molecule has 0 aromatic rings. The lowest BCUT2D eigenvalue weighted by Crippen LogP contribution is -2.71. The average molecular weight is 673 g/mol. The third-order valence-electron chi connectivity index (χ3n) is 14.9. The Morgan fingerprint density at radius 1 is 0.872 bits per heavy atom. The molecule has 11 nitrogen and oxygen atoms in total.